The van der Waals surface area contributed by atoms with Gasteiger partial charge in [-0.2, -0.15) is 0 Å². The molecule has 0 aromatic heterocycles. The van der Waals surface area contributed by atoms with Crippen LogP contribution in [0.2, 0.25) is 0 Å². The summed E-state index contributed by atoms with van der Waals surface area (Å²) in [6.07, 6.45) is 1.30. The van der Waals surface area contributed by atoms with Gasteiger partial charge in [-0.15, -0.1) is 11.8 Å². The molecule has 2 nitrogen and oxygen atoms in total. The lowest BCUT2D eigenvalue weighted by Gasteiger charge is -2.15. The lowest BCUT2D eigenvalue weighted by atomic mass is 10.1. The Labute approximate surface area is 108 Å². The summed E-state index contributed by atoms with van der Waals surface area (Å²) in [4.78, 5) is 3.93. The predicted octanol–water partition coefficient (Wildman–Crippen LogP) is 2.75. The van der Waals surface area contributed by atoms with Gasteiger partial charge in [0.05, 0.1) is 6.61 Å². The summed E-state index contributed by atoms with van der Waals surface area (Å²) >= 11 is 1.95. The van der Waals surface area contributed by atoms with Crippen LogP contribution in [0.5, 0.6) is 0 Å². The molecule has 17 heavy (non-hydrogen) atoms. The number of hydrogen-bond acceptors (Lipinski definition) is 3. The zero-order valence-electron chi connectivity index (χ0n) is 10.5. The van der Waals surface area contributed by atoms with E-state index < -0.39 is 0 Å². The minimum absolute atomic E-state index is 0.752. The molecule has 1 aromatic rings. The van der Waals surface area contributed by atoms with Crippen molar-refractivity contribution in [2.75, 3.05) is 39.1 Å². The SMILES string of the molecule is COCC1CCN(CCSc2ccccc2)C1. The van der Waals surface area contributed by atoms with Crippen LogP contribution >= 0.6 is 11.8 Å². The van der Waals surface area contributed by atoms with Crippen LogP contribution in [0.25, 0.3) is 0 Å². The van der Waals surface area contributed by atoms with Gasteiger partial charge in [-0.25, -0.2) is 0 Å². The van der Waals surface area contributed by atoms with Crippen LogP contribution in [0.15, 0.2) is 35.2 Å². The first-order valence-corrected chi connectivity index (χ1v) is 7.26. The van der Waals surface area contributed by atoms with Crippen molar-refractivity contribution in [2.24, 2.45) is 5.92 Å². The molecule has 1 aliphatic rings. The second kappa shape index (κ2) is 7.04. The minimum atomic E-state index is 0.752. The van der Waals surface area contributed by atoms with E-state index in [2.05, 4.69) is 35.2 Å². The first-order chi connectivity index (χ1) is 8.38. The van der Waals surface area contributed by atoms with Crippen LogP contribution in [0, 0.1) is 5.92 Å². The minimum Gasteiger partial charge on any atom is -0.384 e. The van der Waals surface area contributed by atoms with Crippen molar-refractivity contribution in [3.8, 4) is 0 Å². The summed E-state index contributed by atoms with van der Waals surface area (Å²) in [5.74, 6) is 1.94. The normalized spacial score (nSPS) is 20.9. The van der Waals surface area contributed by atoms with E-state index in [1.165, 1.54) is 36.7 Å². The van der Waals surface area contributed by atoms with Gasteiger partial charge in [0.25, 0.3) is 0 Å². The second-order valence-corrected chi connectivity index (χ2v) is 5.74. The number of likely N-dealkylation sites (tertiary alicyclic amines) is 1. The number of thioether (sulfide) groups is 1. The number of methoxy groups -OCH3 is 1. The molecule has 1 fully saturated rings. The van der Waals surface area contributed by atoms with Crippen molar-refractivity contribution in [1.29, 1.82) is 0 Å². The van der Waals surface area contributed by atoms with Crippen LogP contribution in [-0.2, 0) is 4.74 Å². The van der Waals surface area contributed by atoms with E-state index in [1.54, 1.807) is 7.11 Å². The van der Waals surface area contributed by atoms with Gasteiger partial charge in [0.2, 0.25) is 0 Å². The van der Waals surface area contributed by atoms with E-state index in [0.29, 0.717) is 0 Å². The molecular weight excluding hydrogens is 230 g/mol. The third kappa shape index (κ3) is 4.34. The zero-order chi connectivity index (χ0) is 11.9. The fraction of sp³-hybridized carbons (Fsp3) is 0.571. The molecule has 0 radical (unpaired) electrons. The smallest absolute Gasteiger partial charge is 0.0503 e. The predicted molar refractivity (Wildman–Crippen MR) is 73.6 cm³/mol. The van der Waals surface area contributed by atoms with E-state index in [0.717, 1.165) is 12.5 Å². The fourth-order valence-corrected chi connectivity index (χ4v) is 3.23. The molecule has 1 atom stereocenters. The van der Waals surface area contributed by atoms with Gasteiger partial charge >= 0.3 is 0 Å². The largest absolute Gasteiger partial charge is 0.384 e. The van der Waals surface area contributed by atoms with Crippen LogP contribution in [-0.4, -0.2) is 44.0 Å². The number of ether oxygens (including phenoxy) is 1. The summed E-state index contributed by atoms with van der Waals surface area (Å²) in [5, 5.41) is 0. The van der Waals surface area contributed by atoms with Crippen molar-refractivity contribution < 1.29 is 4.74 Å². The molecule has 0 aliphatic carbocycles. The maximum atomic E-state index is 5.22. The van der Waals surface area contributed by atoms with Gasteiger partial charge in [-0.3, -0.25) is 0 Å². The molecule has 0 bridgehead atoms. The van der Waals surface area contributed by atoms with Gasteiger partial charge in [0.1, 0.15) is 0 Å². The van der Waals surface area contributed by atoms with Crippen molar-refractivity contribution in [2.45, 2.75) is 11.3 Å². The van der Waals surface area contributed by atoms with E-state index in [9.17, 15) is 0 Å². The van der Waals surface area contributed by atoms with Crippen LogP contribution in [0.4, 0.5) is 0 Å². The van der Waals surface area contributed by atoms with Crippen molar-refractivity contribution in [1.82, 2.24) is 4.90 Å². The molecule has 0 N–H and O–H groups in total. The third-order valence-electron chi connectivity index (χ3n) is 3.19. The number of benzene rings is 1. The van der Waals surface area contributed by atoms with E-state index >= 15 is 0 Å². The summed E-state index contributed by atoms with van der Waals surface area (Å²) in [5.41, 5.74) is 0. The Morgan fingerprint density at radius 2 is 2.18 bits per heavy atom. The third-order valence-corrected chi connectivity index (χ3v) is 4.18. The van der Waals surface area contributed by atoms with E-state index in [4.69, 9.17) is 4.74 Å². The second-order valence-electron chi connectivity index (χ2n) is 4.57. The molecule has 0 spiro atoms. The highest BCUT2D eigenvalue weighted by atomic mass is 32.2. The molecular formula is C14H21NOS. The summed E-state index contributed by atoms with van der Waals surface area (Å²) in [6.45, 7) is 4.56. The Morgan fingerprint density at radius 1 is 1.35 bits per heavy atom. The fourth-order valence-electron chi connectivity index (χ4n) is 2.30. The number of nitrogens with zero attached hydrogens (tertiary/aromatic N) is 1. The Balaban J connectivity index is 1.63. The molecule has 1 heterocycles. The molecule has 3 heteroatoms. The van der Waals surface area contributed by atoms with Gasteiger partial charge in [0, 0.05) is 30.8 Å². The Morgan fingerprint density at radius 3 is 2.94 bits per heavy atom. The van der Waals surface area contributed by atoms with Crippen LogP contribution in [0.1, 0.15) is 6.42 Å². The first-order valence-electron chi connectivity index (χ1n) is 6.27. The van der Waals surface area contributed by atoms with Crippen molar-refractivity contribution in [3.05, 3.63) is 30.3 Å². The van der Waals surface area contributed by atoms with Gasteiger partial charge in [-0.05, 0) is 31.0 Å². The monoisotopic (exact) mass is 251 g/mol. The van der Waals surface area contributed by atoms with Crippen molar-refractivity contribution >= 4 is 11.8 Å². The average Bonchev–Trinajstić information content (AvgIpc) is 2.79. The van der Waals surface area contributed by atoms with E-state index in [1.807, 2.05) is 11.8 Å². The maximum Gasteiger partial charge on any atom is 0.0503 e. The van der Waals surface area contributed by atoms with Crippen LogP contribution < -0.4 is 0 Å². The van der Waals surface area contributed by atoms with Gasteiger partial charge < -0.3 is 9.64 Å². The Hall–Kier alpha value is -0.510. The van der Waals surface area contributed by atoms with Gasteiger partial charge in [0.15, 0.2) is 0 Å². The molecule has 1 aliphatic heterocycles. The van der Waals surface area contributed by atoms with Gasteiger partial charge in [-0.1, -0.05) is 18.2 Å². The molecule has 1 aromatic carbocycles. The molecule has 0 amide bonds. The van der Waals surface area contributed by atoms with E-state index in [-0.39, 0.29) is 0 Å². The highest BCUT2D eigenvalue weighted by Gasteiger charge is 2.21. The van der Waals surface area contributed by atoms with Crippen molar-refractivity contribution in [3.63, 3.8) is 0 Å². The average molecular weight is 251 g/mol. The number of hydrogen-bond donors (Lipinski definition) is 0. The Kier molecular flexibility index (Phi) is 5.36. The standard InChI is InChI=1S/C14H21NOS/c1-16-12-13-7-8-15(11-13)9-10-17-14-5-3-2-4-6-14/h2-6,13H,7-12H2,1H3. The summed E-state index contributed by atoms with van der Waals surface area (Å²) in [7, 11) is 1.80. The molecule has 0 saturated carbocycles. The molecule has 1 unspecified atom stereocenters. The lowest BCUT2D eigenvalue weighted by Crippen LogP contribution is -2.24. The number of rotatable bonds is 6. The topological polar surface area (TPSA) is 12.5 Å². The lowest BCUT2D eigenvalue weighted by molar-refractivity contribution is 0.154. The highest BCUT2D eigenvalue weighted by molar-refractivity contribution is 7.99. The molecule has 1 saturated heterocycles. The Bertz CT molecular complexity index is 317. The first kappa shape index (κ1) is 12.9. The molecule has 94 valence electrons. The summed E-state index contributed by atoms with van der Waals surface area (Å²) in [6, 6.07) is 10.6. The maximum absolute atomic E-state index is 5.22. The zero-order valence-corrected chi connectivity index (χ0v) is 11.3. The molecule has 2 rings (SSSR count). The quantitative estimate of drug-likeness (QED) is 0.721. The highest BCUT2D eigenvalue weighted by Crippen LogP contribution is 2.20. The van der Waals surface area contributed by atoms with Crippen LogP contribution in [0.3, 0.4) is 0 Å². The summed E-state index contributed by atoms with van der Waals surface area (Å²) < 4.78 is 5.22.